The van der Waals surface area contributed by atoms with Gasteiger partial charge >= 0.3 is 5.97 Å². The van der Waals surface area contributed by atoms with Crippen LogP contribution in [0.4, 0.5) is 0 Å². The number of carboxylic acids is 1. The van der Waals surface area contributed by atoms with E-state index >= 15 is 0 Å². The molecule has 0 amide bonds. The van der Waals surface area contributed by atoms with Crippen molar-refractivity contribution in [3.63, 3.8) is 0 Å². The number of likely N-dealkylation sites (tertiary alicyclic amines) is 1. The van der Waals surface area contributed by atoms with E-state index in [4.69, 9.17) is 9.84 Å². The Kier molecular flexibility index (Phi) is 3.92. The second-order valence-electron chi connectivity index (χ2n) is 3.15. The van der Waals surface area contributed by atoms with Gasteiger partial charge < -0.3 is 9.84 Å². The van der Waals surface area contributed by atoms with Crippen molar-refractivity contribution < 1.29 is 14.6 Å². The molecule has 1 aliphatic rings. The van der Waals surface area contributed by atoms with E-state index in [0.717, 1.165) is 19.5 Å². The Balaban J connectivity index is 2.20. The Morgan fingerprint density at radius 3 is 3.08 bits per heavy atom. The monoisotopic (exact) mass is 185 g/mol. The molecule has 1 saturated heterocycles. The van der Waals surface area contributed by atoms with Gasteiger partial charge in [0, 0.05) is 32.8 Å². The summed E-state index contributed by atoms with van der Waals surface area (Å²) in [6.45, 7) is 2.59. The average Bonchev–Trinajstić information content (AvgIpc) is 2.52. The standard InChI is InChI=1S/C9H15NO3/c1-13-8-4-6-10(7-8)5-2-3-9(11)12/h2-3,8H,4-7H2,1H3,(H,11,12)/b3-2+. The molecule has 4 nitrogen and oxygen atoms in total. The lowest BCUT2D eigenvalue weighted by atomic mass is 10.3. The number of carbonyl (C=O) groups is 1. The molecule has 0 radical (unpaired) electrons. The van der Waals surface area contributed by atoms with Crippen LogP contribution in [0.25, 0.3) is 0 Å². The van der Waals surface area contributed by atoms with Crippen LogP contribution in [0.2, 0.25) is 0 Å². The summed E-state index contributed by atoms with van der Waals surface area (Å²) in [5, 5.41) is 8.36. The summed E-state index contributed by atoms with van der Waals surface area (Å²) >= 11 is 0. The van der Waals surface area contributed by atoms with Crippen LogP contribution in [0.1, 0.15) is 6.42 Å². The van der Waals surface area contributed by atoms with Crippen molar-refractivity contribution in [3.05, 3.63) is 12.2 Å². The van der Waals surface area contributed by atoms with E-state index < -0.39 is 5.97 Å². The quantitative estimate of drug-likeness (QED) is 0.642. The van der Waals surface area contributed by atoms with Gasteiger partial charge in [-0.05, 0) is 6.42 Å². The summed E-state index contributed by atoms with van der Waals surface area (Å²) in [6.07, 6.45) is 4.20. The van der Waals surface area contributed by atoms with E-state index in [1.807, 2.05) is 0 Å². The highest BCUT2D eigenvalue weighted by Gasteiger charge is 2.20. The Morgan fingerprint density at radius 1 is 1.77 bits per heavy atom. The van der Waals surface area contributed by atoms with E-state index in [-0.39, 0.29) is 0 Å². The summed E-state index contributed by atoms with van der Waals surface area (Å²) in [4.78, 5) is 12.3. The largest absolute Gasteiger partial charge is 0.478 e. The minimum Gasteiger partial charge on any atom is -0.478 e. The number of hydrogen-bond donors (Lipinski definition) is 1. The first-order valence-corrected chi connectivity index (χ1v) is 4.37. The molecule has 1 unspecified atom stereocenters. The summed E-state index contributed by atoms with van der Waals surface area (Å²) in [6, 6.07) is 0. The van der Waals surface area contributed by atoms with Crippen molar-refractivity contribution in [1.29, 1.82) is 0 Å². The van der Waals surface area contributed by atoms with E-state index in [1.54, 1.807) is 13.2 Å². The van der Waals surface area contributed by atoms with Crippen LogP contribution in [0.15, 0.2) is 12.2 Å². The summed E-state index contributed by atoms with van der Waals surface area (Å²) in [5.41, 5.74) is 0. The normalized spacial score (nSPS) is 24.2. The van der Waals surface area contributed by atoms with E-state index in [2.05, 4.69) is 4.90 Å². The molecule has 1 atom stereocenters. The fourth-order valence-electron chi connectivity index (χ4n) is 1.46. The lowest BCUT2D eigenvalue weighted by molar-refractivity contribution is -0.131. The topological polar surface area (TPSA) is 49.8 Å². The number of aliphatic carboxylic acids is 1. The van der Waals surface area contributed by atoms with Crippen molar-refractivity contribution in [2.45, 2.75) is 12.5 Å². The molecule has 0 spiro atoms. The van der Waals surface area contributed by atoms with E-state index in [9.17, 15) is 4.79 Å². The molecule has 4 heteroatoms. The Bertz CT molecular complexity index is 203. The Hall–Kier alpha value is -0.870. The van der Waals surface area contributed by atoms with E-state index in [0.29, 0.717) is 12.6 Å². The van der Waals surface area contributed by atoms with Crippen molar-refractivity contribution in [1.82, 2.24) is 4.90 Å². The molecule has 1 aliphatic heterocycles. The highest BCUT2D eigenvalue weighted by molar-refractivity contribution is 5.79. The predicted octanol–water partition coefficient (Wildman–Crippen LogP) is 0.348. The first-order valence-electron chi connectivity index (χ1n) is 4.37. The highest BCUT2D eigenvalue weighted by atomic mass is 16.5. The molecule has 1 N–H and O–H groups in total. The minimum absolute atomic E-state index is 0.318. The average molecular weight is 185 g/mol. The molecule has 0 bridgehead atoms. The Morgan fingerprint density at radius 2 is 2.54 bits per heavy atom. The molecule has 0 saturated carbocycles. The van der Waals surface area contributed by atoms with Gasteiger partial charge in [0.25, 0.3) is 0 Å². The zero-order valence-corrected chi connectivity index (χ0v) is 7.77. The molecule has 0 aliphatic carbocycles. The molecule has 1 rings (SSSR count). The van der Waals surface area contributed by atoms with Crippen molar-refractivity contribution >= 4 is 5.97 Å². The molecule has 1 heterocycles. The van der Waals surface area contributed by atoms with Gasteiger partial charge in [-0.3, -0.25) is 4.90 Å². The van der Waals surface area contributed by atoms with Crippen molar-refractivity contribution in [2.75, 3.05) is 26.7 Å². The lowest BCUT2D eigenvalue weighted by Crippen LogP contribution is -2.22. The van der Waals surface area contributed by atoms with Gasteiger partial charge in [-0.1, -0.05) is 6.08 Å². The molecular formula is C9H15NO3. The fourth-order valence-corrected chi connectivity index (χ4v) is 1.46. The second kappa shape index (κ2) is 4.99. The summed E-state index contributed by atoms with van der Waals surface area (Å²) in [5.74, 6) is -0.887. The zero-order valence-electron chi connectivity index (χ0n) is 7.77. The van der Waals surface area contributed by atoms with E-state index in [1.165, 1.54) is 6.08 Å². The summed E-state index contributed by atoms with van der Waals surface area (Å²) in [7, 11) is 1.71. The highest BCUT2D eigenvalue weighted by Crippen LogP contribution is 2.10. The van der Waals surface area contributed by atoms with Gasteiger partial charge in [0.15, 0.2) is 0 Å². The number of carboxylic acid groups (broad SMARTS) is 1. The summed E-state index contributed by atoms with van der Waals surface area (Å²) < 4.78 is 5.19. The SMILES string of the molecule is COC1CCN(C/C=C/C(=O)O)C1. The molecule has 0 aromatic rings. The molecule has 1 fully saturated rings. The minimum atomic E-state index is -0.887. The predicted molar refractivity (Wildman–Crippen MR) is 48.6 cm³/mol. The van der Waals surface area contributed by atoms with Crippen LogP contribution >= 0.6 is 0 Å². The van der Waals surface area contributed by atoms with Gasteiger partial charge in [-0.2, -0.15) is 0 Å². The first kappa shape index (κ1) is 10.2. The molecular weight excluding hydrogens is 170 g/mol. The lowest BCUT2D eigenvalue weighted by Gasteiger charge is -2.12. The van der Waals surface area contributed by atoms with Gasteiger partial charge in [0.2, 0.25) is 0 Å². The maximum atomic E-state index is 10.2. The molecule has 13 heavy (non-hydrogen) atoms. The smallest absolute Gasteiger partial charge is 0.328 e. The second-order valence-corrected chi connectivity index (χ2v) is 3.15. The van der Waals surface area contributed by atoms with Crippen LogP contribution < -0.4 is 0 Å². The van der Waals surface area contributed by atoms with Crippen LogP contribution in [0.3, 0.4) is 0 Å². The van der Waals surface area contributed by atoms with Gasteiger partial charge in [-0.25, -0.2) is 4.79 Å². The van der Waals surface area contributed by atoms with Crippen molar-refractivity contribution in [2.24, 2.45) is 0 Å². The maximum absolute atomic E-state index is 10.2. The number of rotatable bonds is 4. The zero-order chi connectivity index (χ0) is 9.68. The number of nitrogens with zero attached hydrogens (tertiary/aromatic N) is 1. The maximum Gasteiger partial charge on any atom is 0.328 e. The number of methoxy groups -OCH3 is 1. The van der Waals surface area contributed by atoms with Gasteiger partial charge in [0.05, 0.1) is 6.10 Å². The number of hydrogen-bond acceptors (Lipinski definition) is 3. The van der Waals surface area contributed by atoms with Crippen LogP contribution in [-0.4, -0.2) is 48.8 Å². The van der Waals surface area contributed by atoms with Crippen LogP contribution in [0, 0.1) is 0 Å². The first-order chi connectivity index (χ1) is 6.22. The molecule has 0 aromatic carbocycles. The van der Waals surface area contributed by atoms with Gasteiger partial charge in [-0.15, -0.1) is 0 Å². The third-order valence-electron chi connectivity index (χ3n) is 2.19. The van der Waals surface area contributed by atoms with Crippen LogP contribution in [0.5, 0.6) is 0 Å². The fraction of sp³-hybridized carbons (Fsp3) is 0.667. The number of ether oxygens (including phenoxy) is 1. The molecule has 0 aromatic heterocycles. The van der Waals surface area contributed by atoms with Crippen LogP contribution in [-0.2, 0) is 9.53 Å². The third-order valence-corrected chi connectivity index (χ3v) is 2.19. The van der Waals surface area contributed by atoms with Gasteiger partial charge in [0.1, 0.15) is 0 Å². The molecule has 74 valence electrons. The third kappa shape index (κ3) is 3.57. The van der Waals surface area contributed by atoms with Crippen molar-refractivity contribution in [3.8, 4) is 0 Å². The Labute approximate surface area is 77.8 Å².